The van der Waals surface area contributed by atoms with Crippen molar-refractivity contribution < 1.29 is 14.0 Å². The topological polar surface area (TPSA) is 29.5 Å². The normalized spacial score (nSPS) is 16.0. The summed E-state index contributed by atoms with van der Waals surface area (Å²) in [6, 6.07) is 27.0. The highest BCUT2D eigenvalue weighted by Gasteiger charge is 2.45. The van der Waals surface area contributed by atoms with Crippen LogP contribution in [0.25, 0.3) is 0 Å². The molecule has 0 saturated carbocycles. The molecule has 2 aliphatic rings. The Kier molecular flexibility index (Phi) is 5.48. The van der Waals surface area contributed by atoms with Gasteiger partial charge in [0.1, 0.15) is 17.5 Å². The maximum absolute atomic E-state index is 13.6. The molecule has 1 fully saturated rings. The number of hydrogen-bond acceptors (Lipinski definition) is 2. The van der Waals surface area contributed by atoms with E-state index in [9.17, 15) is 4.79 Å². The van der Waals surface area contributed by atoms with Gasteiger partial charge in [-0.3, -0.25) is 4.79 Å². The zero-order valence-electron chi connectivity index (χ0n) is 18.9. The first-order chi connectivity index (χ1) is 15.5. The third-order valence-corrected chi connectivity index (χ3v) is 7.13. The molecule has 3 aromatic carbocycles. The van der Waals surface area contributed by atoms with E-state index in [1.54, 1.807) is 0 Å². The Morgan fingerprint density at radius 1 is 0.875 bits per heavy atom. The van der Waals surface area contributed by atoms with Gasteiger partial charge in [0.05, 0.1) is 39.6 Å². The molecular formula is C28H31N2O2+. The molecule has 1 amide bonds. The van der Waals surface area contributed by atoms with Crippen molar-refractivity contribution in [3.8, 4) is 11.5 Å². The van der Waals surface area contributed by atoms with Crippen molar-refractivity contribution in [3.05, 3.63) is 95.6 Å². The Morgan fingerprint density at radius 2 is 1.44 bits per heavy atom. The van der Waals surface area contributed by atoms with Gasteiger partial charge in [0.15, 0.2) is 0 Å². The van der Waals surface area contributed by atoms with Crippen LogP contribution in [0.3, 0.4) is 0 Å². The average molecular weight is 428 g/mol. The lowest BCUT2D eigenvalue weighted by Gasteiger charge is -2.49. The van der Waals surface area contributed by atoms with Gasteiger partial charge in [-0.1, -0.05) is 66.7 Å². The molecule has 0 aromatic heterocycles. The third-order valence-electron chi connectivity index (χ3n) is 7.13. The molecule has 0 atom stereocenters. The molecule has 3 aromatic rings. The quantitative estimate of drug-likeness (QED) is 0.527. The lowest BCUT2D eigenvalue weighted by Crippen LogP contribution is -2.67. The van der Waals surface area contributed by atoms with Gasteiger partial charge in [-0.15, -0.1) is 0 Å². The fourth-order valence-corrected chi connectivity index (χ4v) is 4.95. The summed E-state index contributed by atoms with van der Waals surface area (Å²) < 4.78 is 7.03. The predicted octanol–water partition coefficient (Wildman–Crippen LogP) is 4.84. The summed E-state index contributed by atoms with van der Waals surface area (Å²) in [7, 11) is 4.60. The molecule has 0 N–H and O–H groups in total. The van der Waals surface area contributed by atoms with Gasteiger partial charge in [-0.2, -0.15) is 0 Å². The van der Waals surface area contributed by atoms with E-state index in [0.717, 1.165) is 59.6 Å². The van der Waals surface area contributed by atoms with E-state index in [2.05, 4.69) is 44.4 Å². The van der Waals surface area contributed by atoms with Crippen LogP contribution in [0.4, 0.5) is 0 Å². The molecule has 164 valence electrons. The summed E-state index contributed by atoms with van der Waals surface area (Å²) in [6.45, 7) is 2.75. The predicted molar refractivity (Wildman–Crippen MR) is 127 cm³/mol. The number of carbonyl (C=O) groups excluding carboxylic acids is 1. The first-order valence-electron chi connectivity index (χ1n) is 11.5. The van der Waals surface area contributed by atoms with Crippen LogP contribution in [0, 0.1) is 0 Å². The lowest BCUT2D eigenvalue weighted by atomic mass is 9.85. The molecule has 0 bridgehead atoms. The first-order valence-corrected chi connectivity index (χ1v) is 11.5. The SMILES string of the molecule is C[N+](C)(CCCc1ccccc1)C1CN(C(=O)C2c3ccccc3Oc3ccccc32)C1. The van der Waals surface area contributed by atoms with Crippen LogP contribution >= 0.6 is 0 Å². The number of likely N-dealkylation sites (tertiary alicyclic amines) is 1. The molecule has 5 rings (SSSR count). The Labute approximate surface area is 190 Å². The molecule has 4 heteroatoms. The Bertz CT molecular complexity index is 1060. The summed E-state index contributed by atoms with van der Waals surface area (Å²) in [4.78, 5) is 15.7. The number of ether oxygens (including phenoxy) is 1. The van der Waals surface area contributed by atoms with E-state index in [1.165, 1.54) is 5.56 Å². The smallest absolute Gasteiger partial charge is 0.235 e. The third kappa shape index (κ3) is 3.91. The summed E-state index contributed by atoms with van der Waals surface area (Å²) in [5.74, 6) is 1.48. The first kappa shape index (κ1) is 20.8. The fourth-order valence-electron chi connectivity index (χ4n) is 4.95. The van der Waals surface area contributed by atoms with E-state index in [1.807, 2.05) is 53.4 Å². The molecule has 0 spiro atoms. The number of rotatable bonds is 6. The Hall–Kier alpha value is -3.11. The van der Waals surface area contributed by atoms with Crippen molar-refractivity contribution in [2.75, 3.05) is 33.7 Å². The minimum absolute atomic E-state index is 0.189. The molecule has 32 heavy (non-hydrogen) atoms. The van der Waals surface area contributed by atoms with Crippen molar-refractivity contribution in [2.45, 2.75) is 24.8 Å². The van der Waals surface area contributed by atoms with Gasteiger partial charge >= 0.3 is 0 Å². The van der Waals surface area contributed by atoms with Crippen LogP contribution in [0.2, 0.25) is 0 Å². The van der Waals surface area contributed by atoms with Gasteiger partial charge in [0, 0.05) is 17.5 Å². The van der Waals surface area contributed by atoms with Gasteiger partial charge in [-0.25, -0.2) is 0 Å². The second-order valence-corrected chi connectivity index (χ2v) is 9.60. The largest absolute Gasteiger partial charge is 0.457 e. The van der Waals surface area contributed by atoms with E-state index in [4.69, 9.17) is 4.74 Å². The highest BCUT2D eigenvalue weighted by molar-refractivity contribution is 5.90. The van der Waals surface area contributed by atoms with Crippen LogP contribution in [0.5, 0.6) is 11.5 Å². The zero-order valence-corrected chi connectivity index (χ0v) is 18.9. The number of benzene rings is 3. The molecule has 4 nitrogen and oxygen atoms in total. The highest BCUT2D eigenvalue weighted by Crippen LogP contribution is 2.45. The van der Waals surface area contributed by atoms with Crippen LogP contribution in [0.15, 0.2) is 78.9 Å². The van der Waals surface area contributed by atoms with Crippen LogP contribution in [-0.2, 0) is 11.2 Å². The maximum atomic E-state index is 13.6. The summed E-state index contributed by atoms with van der Waals surface area (Å²) in [5, 5.41) is 0. The summed E-state index contributed by atoms with van der Waals surface area (Å²) in [5.41, 5.74) is 3.34. The zero-order chi connectivity index (χ0) is 22.1. The lowest BCUT2D eigenvalue weighted by molar-refractivity contribution is -0.919. The maximum Gasteiger partial charge on any atom is 0.235 e. The van der Waals surface area contributed by atoms with Gasteiger partial charge in [0.25, 0.3) is 0 Å². The number of likely N-dealkylation sites (N-methyl/N-ethyl adjacent to an activating group) is 1. The number of hydrogen-bond donors (Lipinski definition) is 0. The number of fused-ring (bicyclic) bond motifs is 2. The number of para-hydroxylation sites is 2. The standard InChI is InChI=1S/C28H31N2O2/c1-30(2,18-10-13-21-11-4-3-5-12-21)22-19-29(20-22)28(31)27-23-14-6-8-16-25(23)32-26-17-9-7-15-24(26)27/h3-9,11-12,14-17,22,27H,10,13,18-20H2,1-2H3/q+1. The monoisotopic (exact) mass is 427 g/mol. The number of carbonyl (C=O) groups is 1. The molecular weight excluding hydrogens is 396 g/mol. The van der Waals surface area contributed by atoms with E-state index >= 15 is 0 Å². The minimum Gasteiger partial charge on any atom is -0.457 e. The Balaban J connectivity index is 1.25. The van der Waals surface area contributed by atoms with Crippen molar-refractivity contribution >= 4 is 5.91 Å². The summed E-state index contributed by atoms with van der Waals surface area (Å²) >= 11 is 0. The van der Waals surface area contributed by atoms with Gasteiger partial charge in [0.2, 0.25) is 5.91 Å². The van der Waals surface area contributed by atoms with E-state index in [-0.39, 0.29) is 11.8 Å². The average Bonchev–Trinajstić information content (AvgIpc) is 2.76. The molecule has 0 aliphatic carbocycles. The molecule has 2 heterocycles. The molecule has 0 unspecified atom stereocenters. The number of amides is 1. The second kappa shape index (κ2) is 8.44. The van der Waals surface area contributed by atoms with Crippen molar-refractivity contribution in [2.24, 2.45) is 0 Å². The fraction of sp³-hybridized carbons (Fsp3) is 0.321. The second-order valence-electron chi connectivity index (χ2n) is 9.60. The number of nitrogens with zero attached hydrogens (tertiary/aromatic N) is 2. The molecule has 1 saturated heterocycles. The minimum atomic E-state index is -0.286. The highest BCUT2D eigenvalue weighted by atomic mass is 16.5. The van der Waals surface area contributed by atoms with Gasteiger partial charge < -0.3 is 14.1 Å². The molecule has 0 radical (unpaired) electrons. The number of quaternary nitrogens is 1. The van der Waals surface area contributed by atoms with Crippen LogP contribution in [-0.4, -0.2) is 55.1 Å². The van der Waals surface area contributed by atoms with Crippen molar-refractivity contribution in [1.82, 2.24) is 4.90 Å². The summed E-state index contributed by atoms with van der Waals surface area (Å²) in [6.07, 6.45) is 2.26. The molecule has 2 aliphatic heterocycles. The number of aryl methyl sites for hydroxylation is 1. The van der Waals surface area contributed by atoms with Crippen LogP contribution < -0.4 is 4.74 Å². The van der Waals surface area contributed by atoms with Crippen molar-refractivity contribution in [1.29, 1.82) is 0 Å². The van der Waals surface area contributed by atoms with E-state index < -0.39 is 0 Å². The Morgan fingerprint density at radius 3 is 2.06 bits per heavy atom. The van der Waals surface area contributed by atoms with Gasteiger partial charge in [-0.05, 0) is 24.1 Å². The van der Waals surface area contributed by atoms with Crippen molar-refractivity contribution in [3.63, 3.8) is 0 Å². The van der Waals surface area contributed by atoms with E-state index in [0.29, 0.717) is 6.04 Å². The van der Waals surface area contributed by atoms with Crippen LogP contribution in [0.1, 0.15) is 29.0 Å².